The molecule has 0 spiro atoms. The summed E-state index contributed by atoms with van der Waals surface area (Å²) in [5.74, 6) is 0.358. The van der Waals surface area contributed by atoms with Crippen molar-refractivity contribution < 1.29 is 24.1 Å². The van der Waals surface area contributed by atoms with Gasteiger partial charge in [-0.3, -0.25) is 9.36 Å². The molecule has 3 aromatic carbocycles. The number of phenols is 1. The van der Waals surface area contributed by atoms with E-state index >= 15 is 0 Å². The van der Waals surface area contributed by atoms with Crippen LogP contribution in [0.1, 0.15) is 50.8 Å². The molecule has 256 valence electrons. The first-order chi connectivity index (χ1) is 23.5. The molecule has 12 heteroatoms. The second kappa shape index (κ2) is 14.3. The summed E-state index contributed by atoms with van der Waals surface area (Å²) in [7, 11) is 5.21. The minimum Gasteiger partial charge on any atom is -0.507 e. The SMILES string of the molecule is COC(=O)c1c(C)c2c(-c3c(CSCc4cc(CCc5cc(O)c6c(F)cccc6c5)n(C)n4)nn(C)c3C)c(Cl)ccc2n1CCCO. The van der Waals surface area contributed by atoms with E-state index in [4.69, 9.17) is 26.5 Å². The van der Waals surface area contributed by atoms with Gasteiger partial charge in [-0.05, 0) is 80.0 Å². The first-order valence-electron chi connectivity index (χ1n) is 16.1. The Balaban J connectivity index is 1.23. The molecule has 0 aliphatic rings. The van der Waals surface area contributed by atoms with Gasteiger partial charge >= 0.3 is 5.97 Å². The number of aromatic nitrogens is 5. The van der Waals surface area contributed by atoms with E-state index in [1.54, 1.807) is 30.0 Å². The molecule has 2 N–H and O–H groups in total. The fourth-order valence-corrected chi connectivity index (χ4v) is 7.85. The van der Waals surface area contributed by atoms with Crippen LogP contribution in [0.2, 0.25) is 5.02 Å². The zero-order chi connectivity index (χ0) is 35.0. The molecule has 0 aliphatic carbocycles. The molecule has 3 aromatic heterocycles. The van der Waals surface area contributed by atoms with Crippen LogP contribution < -0.4 is 0 Å². The van der Waals surface area contributed by atoms with Crippen LogP contribution in [0.3, 0.4) is 0 Å². The maximum atomic E-state index is 14.2. The number of methoxy groups -OCH3 is 1. The van der Waals surface area contributed by atoms with Gasteiger partial charge in [-0.15, -0.1) is 11.8 Å². The van der Waals surface area contributed by atoms with Gasteiger partial charge in [0.25, 0.3) is 0 Å². The first-order valence-corrected chi connectivity index (χ1v) is 17.6. The third kappa shape index (κ3) is 6.54. The number of ether oxygens (including phenoxy) is 1. The zero-order valence-corrected chi connectivity index (χ0v) is 29.8. The summed E-state index contributed by atoms with van der Waals surface area (Å²) in [4.78, 5) is 13.0. The number of aliphatic hydroxyl groups is 1. The van der Waals surface area contributed by atoms with Gasteiger partial charge in [0.05, 0.1) is 23.9 Å². The lowest BCUT2D eigenvalue weighted by atomic mass is 9.97. The van der Waals surface area contributed by atoms with E-state index < -0.39 is 11.8 Å². The number of hydrogen-bond donors (Lipinski definition) is 2. The van der Waals surface area contributed by atoms with Crippen molar-refractivity contribution in [3.63, 3.8) is 0 Å². The number of fused-ring (bicyclic) bond motifs is 2. The molecule has 0 radical (unpaired) electrons. The fraction of sp³-hybridized carbons (Fsp3) is 0.324. The summed E-state index contributed by atoms with van der Waals surface area (Å²) in [6, 6.07) is 14.2. The molecule has 0 bridgehead atoms. The molecule has 0 fully saturated rings. The lowest BCUT2D eigenvalue weighted by molar-refractivity contribution is 0.0587. The average Bonchev–Trinajstić information content (AvgIpc) is 3.67. The van der Waals surface area contributed by atoms with Crippen LogP contribution in [-0.2, 0) is 49.7 Å². The second-order valence-electron chi connectivity index (χ2n) is 12.2. The standard InChI is InChI=1S/C37H39ClFN5O4S/c1-21-32-30(44(14-7-15-45)36(21)37(47)48-5)13-12-27(38)35(32)33-22(2)42(3)41-29(33)20-49-19-25-18-26(43(4)40-25)11-10-23-16-24-8-6-9-28(39)34(24)31(46)17-23/h6,8-9,12-13,16-18,45-46H,7,10-11,14-15,19-20H2,1-5H3. The average molecular weight is 704 g/mol. The van der Waals surface area contributed by atoms with Crippen molar-refractivity contribution in [1.29, 1.82) is 0 Å². The van der Waals surface area contributed by atoms with Crippen molar-refractivity contribution in [2.24, 2.45) is 14.1 Å². The highest BCUT2D eigenvalue weighted by atomic mass is 35.5. The number of benzene rings is 3. The van der Waals surface area contributed by atoms with Crippen LogP contribution in [0.4, 0.5) is 4.39 Å². The molecule has 9 nitrogen and oxygen atoms in total. The number of nitrogens with zero attached hydrogens (tertiary/aromatic N) is 5. The Kier molecular flexibility index (Phi) is 10.1. The molecule has 0 aliphatic heterocycles. The Morgan fingerprint density at radius 3 is 2.55 bits per heavy atom. The highest BCUT2D eigenvalue weighted by Gasteiger charge is 2.27. The fourth-order valence-electron chi connectivity index (χ4n) is 6.75. The first kappa shape index (κ1) is 34.5. The minimum absolute atomic E-state index is 0.00204. The summed E-state index contributed by atoms with van der Waals surface area (Å²) >= 11 is 8.66. The number of carbonyl (C=O) groups excluding carboxylic acids is 1. The number of thioether (sulfide) groups is 1. The smallest absolute Gasteiger partial charge is 0.354 e. The Labute approximate surface area is 293 Å². The van der Waals surface area contributed by atoms with Gasteiger partial charge in [0, 0.05) is 77.2 Å². The number of esters is 1. The van der Waals surface area contributed by atoms with E-state index in [0.29, 0.717) is 53.4 Å². The summed E-state index contributed by atoms with van der Waals surface area (Å²) in [6.07, 6.45) is 1.88. The minimum atomic E-state index is -0.437. The zero-order valence-electron chi connectivity index (χ0n) is 28.2. The molecular formula is C37H39ClFN5O4S. The van der Waals surface area contributed by atoms with E-state index in [1.165, 1.54) is 13.2 Å². The highest BCUT2D eigenvalue weighted by molar-refractivity contribution is 7.97. The second-order valence-corrected chi connectivity index (χ2v) is 13.6. The molecule has 0 saturated carbocycles. The van der Waals surface area contributed by atoms with Crippen LogP contribution in [0.15, 0.2) is 48.5 Å². The predicted molar refractivity (Wildman–Crippen MR) is 193 cm³/mol. The molecule has 3 heterocycles. The highest BCUT2D eigenvalue weighted by Crippen LogP contribution is 2.43. The third-order valence-electron chi connectivity index (χ3n) is 9.15. The van der Waals surface area contributed by atoms with Crippen molar-refractivity contribution in [2.75, 3.05) is 13.7 Å². The van der Waals surface area contributed by atoms with Gasteiger partial charge in [0.15, 0.2) is 0 Å². The van der Waals surface area contributed by atoms with Gasteiger partial charge < -0.3 is 19.5 Å². The summed E-state index contributed by atoms with van der Waals surface area (Å²) in [5.41, 5.74) is 8.59. The molecule has 6 rings (SSSR count). The van der Waals surface area contributed by atoms with E-state index in [9.17, 15) is 19.4 Å². The quantitative estimate of drug-likeness (QED) is 0.128. The van der Waals surface area contributed by atoms with Gasteiger partial charge in [-0.2, -0.15) is 10.2 Å². The van der Waals surface area contributed by atoms with E-state index in [-0.39, 0.29) is 17.7 Å². The molecule has 6 aromatic rings. The van der Waals surface area contributed by atoms with Gasteiger partial charge in [0.2, 0.25) is 0 Å². The normalized spacial score (nSPS) is 11.7. The van der Waals surface area contributed by atoms with Crippen LogP contribution in [0.5, 0.6) is 5.75 Å². The van der Waals surface area contributed by atoms with Crippen LogP contribution in [0, 0.1) is 19.7 Å². The molecule has 0 unspecified atom stereocenters. The van der Waals surface area contributed by atoms with Crippen molar-refractivity contribution in [3.05, 3.63) is 99.0 Å². The number of carbonyl (C=O) groups is 1. The molecule has 0 amide bonds. The van der Waals surface area contributed by atoms with Gasteiger partial charge in [-0.1, -0.05) is 29.8 Å². The van der Waals surface area contributed by atoms with E-state index in [0.717, 1.165) is 55.9 Å². The Morgan fingerprint density at radius 1 is 1.00 bits per heavy atom. The van der Waals surface area contributed by atoms with Crippen LogP contribution in [-0.4, -0.2) is 54.0 Å². The topological polar surface area (TPSA) is 107 Å². The molecule has 0 saturated heterocycles. The van der Waals surface area contributed by atoms with E-state index in [1.807, 2.05) is 60.1 Å². The molecule has 0 atom stereocenters. The van der Waals surface area contributed by atoms with Crippen LogP contribution >= 0.6 is 23.4 Å². The Hall–Kier alpha value is -4.32. The maximum Gasteiger partial charge on any atom is 0.354 e. The third-order valence-corrected chi connectivity index (χ3v) is 10.4. The van der Waals surface area contributed by atoms with Crippen molar-refractivity contribution in [1.82, 2.24) is 24.1 Å². The van der Waals surface area contributed by atoms with Crippen LogP contribution in [0.25, 0.3) is 32.8 Å². The number of phenolic OH excluding ortho intramolecular Hbond substituents is 1. The lowest BCUT2D eigenvalue weighted by Crippen LogP contribution is -2.12. The number of aryl methyl sites for hydroxylation is 6. The van der Waals surface area contributed by atoms with Crippen molar-refractivity contribution in [3.8, 4) is 16.9 Å². The van der Waals surface area contributed by atoms with Crippen molar-refractivity contribution >= 4 is 51.0 Å². The van der Waals surface area contributed by atoms with Gasteiger partial charge in [-0.25, -0.2) is 9.18 Å². The predicted octanol–water partition coefficient (Wildman–Crippen LogP) is 7.43. The number of aliphatic hydroxyl groups excluding tert-OH is 1. The largest absolute Gasteiger partial charge is 0.507 e. The number of aromatic hydroxyl groups is 1. The summed E-state index contributed by atoms with van der Waals surface area (Å²) < 4.78 is 25.0. The Morgan fingerprint density at radius 2 is 1.80 bits per heavy atom. The molecule has 49 heavy (non-hydrogen) atoms. The number of hydrogen-bond acceptors (Lipinski definition) is 7. The van der Waals surface area contributed by atoms with Gasteiger partial charge in [0.1, 0.15) is 17.3 Å². The van der Waals surface area contributed by atoms with Crippen molar-refractivity contribution in [2.45, 2.75) is 51.2 Å². The summed E-state index contributed by atoms with van der Waals surface area (Å²) in [5, 5.41) is 32.0. The maximum absolute atomic E-state index is 14.2. The monoisotopic (exact) mass is 703 g/mol. The molecular weight excluding hydrogens is 665 g/mol. The number of rotatable bonds is 12. The van der Waals surface area contributed by atoms with E-state index in [2.05, 4.69) is 6.07 Å². The Bertz CT molecular complexity index is 2200. The summed E-state index contributed by atoms with van der Waals surface area (Å²) in [6.45, 7) is 4.38. The number of halogens is 2. The lowest BCUT2D eigenvalue weighted by Gasteiger charge is -2.11.